The number of nitrogens with zero attached hydrogens (tertiary/aromatic N) is 4. The van der Waals surface area contributed by atoms with E-state index in [1.807, 2.05) is 49.4 Å². The van der Waals surface area contributed by atoms with Crippen LogP contribution in [0.25, 0.3) is 11.4 Å². The Labute approximate surface area is 164 Å². The fourth-order valence-electron chi connectivity index (χ4n) is 2.34. The van der Waals surface area contributed by atoms with Gasteiger partial charge in [-0.25, -0.2) is 0 Å². The van der Waals surface area contributed by atoms with Crippen LogP contribution in [0.15, 0.2) is 53.0 Å². The maximum Gasteiger partial charge on any atom is 0.244 e. The lowest BCUT2D eigenvalue weighted by Gasteiger charge is -2.09. The highest BCUT2D eigenvalue weighted by Crippen LogP contribution is 2.19. The summed E-state index contributed by atoms with van der Waals surface area (Å²) >= 11 is 3.37. The molecule has 2 amide bonds. The number of anilines is 1. The van der Waals surface area contributed by atoms with Gasteiger partial charge in [-0.1, -0.05) is 46.3 Å². The minimum atomic E-state index is -0.380. The molecule has 1 heterocycles. The number of benzene rings is 2. The molecule has 0 aliphatic heterocycles. The van der Waals surface area contributed by atoms with Crippen molar-refractivity contribution in [2.45, 2.75) is 13.5 Å². The second-order valence-electron chi connectivity index (χ2n) is 5.79. The van der Waals surface area contributed by atoms with Gasteiger partial charge in [0.15, 0.2) is 0 Å². The molecule has 0 saturated carbocycles. The van der Waals surface area contributed by atoms with Gasteiger partial charge in [-0.05, 0) is 35.9 Å². The summed E-state index contributed by atoms with van der Waals surface area (Å²) in [5, 5.41) is 17.2. The van der Waals surface area contributed by atoms with Crippen molar-refractivity contribution in [1.82, 2.24) is 25.5 Å². The third kappa shape index (κ3) is 5.20. The van der Waals surface area contributed by atoms with Crippen LogP contribution in [-0.4, -0.2) is 38.6 Å². The number of amides is 2. The Balaban J connectivity index is 1.49. The van der Waals surface area contributed by atoms with Crippen molar-refractivity contribution < 1.29 is 9.59 Å². The molecule has 3 rings (SSSR count). The van der Waals surface area contributed by atoms with Crippen LogP contribution in [0, 0.1) is 6.92 Å². The zero-order valence-electron chi connectivity index (χ0n) is 14.5. The maximum atomic E-state index is 12.0. The number of aromatic nitrogens is 4. The first-order valence-corrected chi connectivity index (χ1v) is 8.96. The van der Waals surface area contributed by atoms with E-state index in [1.165, 1.54) is 4.80 Å². The van der Waals surface area contributed by atoms with E-state index in [0.29, 0.717) is 11.5 Å². The molecule has 2 N–H and O–H groups in total. The van der Waals surface area contributed by atoms with Gasteiger partial charge >= 0.3 is 0 Å². The number of hydrogen-bond donors (Lipinski definition) is 2. The fraction of sp³-hybridized carbons (Fsp3) is 0.167. The number of rotatable bonds is 6. The van der Waals surface area contributed by atoms with Crippen molar-refractivity contribution in [1.29, 1.82) is 0 Å². The molecular formula is C18H17BrN6O2. The zero-order chi connectivity index (χ0) is 19.2. The molecule has 0 spiro atoms. The molecule has 2 aromatic carbocycles. The molecule has 0 saturated heterocycles. The smallest absolute Gasteiger partial charge is 0.244 e. The Morgan fingerprint density at radius 1 is 1.11 bits per heavy atom. The third-order valence-electron chi connectivity index (χ3n) is 3.68. The molecule has 0 radical (unpaired) electrons. The molecule has 0 unspecified atom stereocenters. The quantitative estimate of drug-likeness (QED) is 0.626. The number of hydrogen-bond acceptors (Lipinski definition) is 5. The molecule has 0 aliphatic rings. The molecule has 9 heteroatoms. The maximum absolute atomic E-state index is 12.0. The van der Waals surface area contributed by atoms with E-state index < -0.39 is 0 Å². The average Bonchev–Trinajstić information content (AvgIpc) is 3.11. The Kier molecular flexibility index (Phi) is 5.92. The standard InChI is InChI=1S/C18H17BrN6O2/c1-12-9-14(19)7-8-15(12)21-16(26)10-20-17(27)11-25-23-18(22-24-25)13-5-3-2-4-6-13/h2-9H,10-11H2,1H3,(H,20,27)(H,21,26). The van der Waals surface area contributed by atoms with Gasteiger partial charge in [-0.2, -0.15) is 4.80 Å². The van der Waals surface area contributed by atoms with E-state index in [-0.39, 0.29) is 24.9 Å². The summed E-state index contributed by atoms with van der Waals surface area (Å²) in [6, 6.07) is 14.9. The van der Waals surface area contributed by atoms with E-state index in [1.54, 1.807) is 6.07 Å². The van der Waals surface area contributed by atoms with Crippen LogP contribution in [0.3, 0.4) is 0 Å². The molecule has 0 atom stereocenters. The largest absolute Gasteiger partial charge is 0.345 e. The SMILES string of the molecule is Cc1cc(Br)ccc1NC(=O)CNC(=O)Cn1nnc(-c2ccccc2)n1. The Hall–Kier alpha value is -3.07. The second-order valence-corrected chi connectivity index (χ2v) is 6.71. The van der Waals surface area contributed by atoms with E-state index in [4.69, 9.17) is 0 Å². The highest BCUT2D eigenvalue weighted by Gasteiger charge is 2.11. The van der Waals surface area contributed by atoms with Crippen molar-refractivity contribution in [2.75, 3.05) is 11.9 Å². The van der Waals surface area contributed by atoms with Crippen molar-refractivity contribution in [3.05, 3.63) is 58.6 Å². The lowest BCUT2D eigenvalue weighted by Crippen LogP contribution is -2.35. The predicted octanol–water partition coefficient (Wildman–Crippen LogP) is 2.17. The van der Waals surface area contributed by atoms with Crippen molar-refractivity contribution in [2.24, 2.45) is 0 Å². The van der Waals surface area contributed by atoms with Crippen LogP contribution >= 0.6 is 15.9 Å². The van der Waals surface area contributed by atoms with Crippen LogP contribution < -0.4 is 10.6 Å². The molecule has 1 aromatic heterocycles. The van der Waals surface area contributed by atoms with Gasteiger partial charge < -0.3 is 10.6 Å². The van der Waals surface area contributed by atoms with Crippen LogP contribution in [0.4, 0.5) is 5.69 Å². The minimum absolute atomic E-state index is 0.121. The molecule has 138 valence electrons. The average molecular weight is 429 g/mol. The number of nitrogens with one attached hydrogen (secondary N) is 2. The van der Waals surface area contributed by atoms with Crippen LogP contribution in [0.1, 0.15) is 5.56 Å². The van der Waals surface area contributed by atoms with Crippen LogP contribution in [0.5, 0.6) is 0 Å². The van der Waals surface area contributed by atoms with Crippen molar-refractivity contribution in [3.63, 3.8) is 0 Å². The summed E-state index contributed by atoms with van der Waals surface area (Å²) in [6.07, 6.45) is 0. The molecular weight excluding hydrogens is 412 g/mol. The number of tetrazole rings is 1. The molecule has 0 bridgehead atoms. The molecule has 0 fully saturated rings. The topological polar surface area (TPSA) is 102 Å². The van der Waals surface area contributed by atoms with Crippen molar-refractivity contribution in [3.8, 4) is 11.4 Å². The number of halogens is 1. The fourth-order valence-corrected chi connectivity index (χ4v) is 2.81. The lowest BCUT2D eigenvalue weighted by atomic mass is 10.2. The summed E-state index contributed by atoms with van der Waals surface area (Å²) < 4.78 is 0.932. The van der Waals surface area contributed by atoms with Gasteiger partial charge in [0.25, 0.3) is 0 Å². The van der Waals surface area contributed by atoms with Gasteiger partial charge in [0.05, 0.1) is 6.54 Å². The lowest BCUT2D eigenvalue weighted by molar-refractivity contribution is -0.124. The normalized spacial score (nSPS) is 10.4. The molecule has 27 heavy (non-hydrogen) atoms. The van der Waals surface area contributed by atoms with Gasteiger partial charge in [-0.15, -0.1) is 10.2 Å². The van der Waals surface area contributed by atoms with E-state index in [0.717, 1.165) is 15.6 Å². The van der Waals surface area contributed by atoms with E-state index in [9.17, 15) is 9.59 Å². The van der Waals surface area contributed by atoms with Crippen molar-refractivity contribution >= 4 is 33.4 Å². The highest BCUT2D eigenvalue weighted by molar-refractivity contribution is 9.10. The van der Waals surface area contributed by atoms with E-state index >= 15 is 0 Å². The summed E-state index contributed by atoms with van der Waals surface area (Å²) in [5.74, 6) is -0.258. The Morgan fingerprint density at radius 2 is 1.89 bits per heavy atom. The molecule has 0 aliphatic carbocycles. The summed E-state index contributed by atoms with van der Waals surface area (Å²) in [7, 11) is 0. The second kappa shape index (κ2) is 8.54. The van der Waals surface area contributed by atoms with E-state index in [2.05, 4.69) is 42.0 Å². The Bertz CT molecular complexity index is 957. The molecule has 3 aromatic rings. The van der Waals surface area contributed by atoms with Crippen LogP contribution in [0.2, 0.25) is 0 Å². The zero-order valence-corrected chi connectivity index (χ0v) is 16.1. The highest BCUT2D eigenvalue weighted by atomic mass is 79.9. The van der Waals surface area contributed by atoms with Gasteiger partial charge in [0.2, 0.25) is 17.6 Å². The summed E-state index contributed by atoms with van der Waals surface area (Å²) in [6.45, 7) is 1.62. The summed E-state index contributed by atoms with van der Waals surface area (Å²) in [4.78, 5) is 25.2. The Morgan fingerprint density at radius 3 is 2.63 bits per heavy atom. The van der Waals surface area contributed by atoms with Gasteiger partial charge in [-0.3, -0.25) is 9.59 Å². The van der Waals surface area contributed by atoms with Crippen LogP contribution in [-0.2, 0) is 16.1 Å². The van der Waals surface area contributed by atoms with Gasteiger partial charge in [0.1, 0.15) is 6.54 Å². The summed E-state index contributed by atoms with van der Waals surface area (Å²) in [5.41, 5.74) is 2.43. The monoisotopic (exact) mass is 428 g/mol. The predicted molar refractivity (Wildman–Crippen MR) is 104 cm³/mol. The first-order chi connectivity index (χ1) is 13.0. The number of carbonyl (C=O) groups is 2. The number of aryl methyl sites for hydroxylation is 1. The third-order valence-corrected chi connectivity index (χ3v) is 4.17. The van der Waals surface area contributed by atoms with Gasteiger partial charge in [0, 0.05) is 15.7 Å². The molecule has 8 nitrogen and oxygen atoms in total. The first kappa shape index (κ1) is 18.7. The first-order valence-electron chi connectivity index (χ1n) is 8.17. The minimum Gasteiger partial charge on any atom is -0.345 e. The number of carbonyl (C=O) groups excluding carboxylic acids is 2.